The van der Waals surface area contributed by atoms with Gasteiger partial charge in [0.2, 0.25) is 0 Å². The second kappa shape index (κ2) is 15.6. The predicted octanol–water partition coefficient (Wildman–Crippen LogP) is 15.8. The summed E-state index contributed by atoms with van der Waals surface area (Å²) in [5.74, 6) is 0. The first-order valence-corrected chi connectivity index (χ1v) is 23.3. The van der Waals surface area contributed by atoms with E-state index in [0.717, 1.165) is 106 Å². The molecule has 0 N–H and O–H groups in total. The van der Waals surface area contributed by atoms with Gasteiger partial charge < -0.3 is 13.7 Å². The molecule has 0 bridgehead atoms. The second-order valence-electron chi connectivity index (χ2n) is 17.7. The molecular formula is C63H40N6. The molecule has 14 aromatic rings. The number of pyridine rings is 3. The molecule has 14 rings (SSSR count). The van der Waals surface area contributed by atoms with E-state index in [1.807, 2.05) is 24.7 Å². The van der Waals surface area contributed by atoms with Gasteiger partial charge in [-0.3, -0.25) is 9.97 Å². The average Bonchev–Trinajstić information content (AvgIpc) is 4.06. The smallest absolute Gasteiger partial charge is 0.0963 e. The molecule has 6 heterocycles. The zero-order valence-corrected chi connectivity index (χ0v) is 37.3. The fourth-order valence-electron chi connectivity index (χ4n) is 10.6. The summed E-state index contributed by atoms with van der Waals surface area (Å²) >= 11 is 0. The largest absolute Gasteiger partial charge is 0.309 e. The molecule has 0 atom stereocenters. The molecule has 0 aliphatic heterocycles. The SMILES string of the molecule is c1ccc(-c2cc(-n3c4ccccc4c4ccc(-c5ccc6c(c5)c5ccccc5n6-c5cncc(-c6ccc7c(c6)c6ncccc6n7-c6ccccc6)c5)cc43)cc(-c3ccccc3)n2)cc1. The number of aromatic nitrogens is 6. The number of hydrogen-bond donors (Lipinski definition) is 0. The van der Waals surface area contributed by atoms with Crippen molar-refractivity contribution in [2.24, 2.45) is 0 Å². The third kappa shape index (κ3) is 6.30. The molecule has 0 radical (unpaired) electrons. The lowest BCUT2D eigenvalue weighted by Gasteiger charge is -2.14. The van der Waals surface area contributed by atoms with Crippen LogP contribution in [-0.2, 0) is 0 Å². The molecule has 6 nitrogen and oxygen atoms in total. The third-order valence-electron chi connectivity index (χ3n) is 13.7. The Labute approximate surface area is 397 Å². The fraction of sp³-hybridized carbons (Fsp3) is 0. The fourth-order valence-corrected chi connectivity index (χ4v) is 10.6. The molecule has 6 aromatic heterocycles. The predicted molar refractivity (Wildman–Crippen MR) is 285 cm³/mol. The van der Waals surface area contributed by atoms with Crippen LogP contribution in [0.3, 0.4) is 0 Å². The van der Waals surface area contributed by atoms with Gasteiger partial charge >= 0.3 is 0 Å². The molecule has 0 spiro atoms. The summed E-state index contributed by atoms with van der Waals surface area (Å²) in [5, 5.41) is 5.90. The highest BCUT2D eigenvalue weighted by atomic mass is 15.0. The lowest BCUT2D eigenvalue weighted by atomic mass is 10.0. The summed E-state index contributed by atoms with van der Waals surface area (Å²) in [6.45, 7) is 0. The number of nitrogens with zero attached hydrogens (tertiary/aromatic N) is 6. The molecule has 0 aliphatic rings. The maximum Gasteiger partial charge on any atom is 0.0963 e. The number of para-hydroxylation sites is 3. The minimum atomic E-state index is 0.933. The van der Waals surface area contributed by atoms with Crippen LogP contribution in [0, 0.1) is 0 Å². The number of fused-ring (bicyclic) bond motifs is 9. The molecule has 8 aromatic carbocycles. The molecule has 0 unspecified atom stereocenters. The molecule has 0 saturated heterocycles. The molecule has 0 fully saturated rings. The zero-order chi connectivity index (χ0) is 45.4. The lowest BCUT2D eigenvalue weighted by molar-refractivity contribution is 1.14. The van der Waals surface area contributed by atoms with Gasteiger partial charge in [-0.15, -0.1) is 0 Å². The van der Waals surface area contributed by atoms with E-state index in [1.165, 1.54) is 21.5 Å². The molecule has 69 heavy (non-hydrogen) atoms. The summed E-state index contributed by atoms with van der Waals surface area (Å²) in [6.07, 6.45) is 5.82. The number of hydrogen-bond acceptors (Lipinski definition) is 3. The molecule has 322 valence electrons. The van der Waals surface area contributed by atoms with Crippen molar-refractivity contribution < 1.29 is 0 Å². The maximum absolute atomic E-state index is 5.22. The van der Waals surface area contributed by atoms with Crippen LogP contribution < -0.4 is 0 Å². The van der Waals surface area contributed by atoms with Crippen molar-refractivity contribution in [1.29, 1.82) is 0 Å². The standard InChI is InChI=1S/C63H40N6/c1-4-15-41(16-5-1)55-37-48(38-56(66-55)42-17-6-2-7-18-42)68-57-23-12-10-21-50(57)52-29-26-45(36-62(52)68)43-27-30-59-53(34-43)51-22-11-13-24-58(51)69(59)49-33-46(39-64-40-49)44-28-31-60-54(35-44)63-61(25-14-32-65-63)67(60)47-19-8-3-9-20-47/h1-40H. The molecule has 0 aliphatic carbocycles. The van der Waals surface area contributed by atoms with Gasteiger partial charge in [0, 0.05) is 61.7 Å². The third-order valence-corrected chi connectivity index (χ3v) is 13.7. The van der Waals surface area contributed by atoms with E-state index in [0.29, 0.717) is 0 Å². The van der Waals surface area contributed by atoms with Crippen molar-refractivity contribution in [3.63, 3.8) is 0 Å². The van der Waals surface area contributed by atoms with E-state index in [-0.39, 0.29) is 0 Å². The Balaban J connectivity index is 0.900. The van der Waals surface area contributed by atoms with Crippen molar-refractivity contribution in [1.82, 2.24) is 28.7 Å². The minimum Gasteiger partial charge on any atom is -0.309 e. The van der Waals surface area contributed by atoms with Crippen molar-refractivity contribution in [2.75, 3.05) is 0 Å². The van der Waals surface area contributed by atoms with Gasteiger partial charge in [0.15, 0.2) is 0 Å². The summed E-state index contributed by atoms with van der Waals surface area (Å²) in [4.78, 5) is 15.0. The monoisotopic (exact) mass is 880 g/mol. The van der Waals surface area contributed by atoms with Crippen LogP contribution in [0.4, 0.5) is 0 Å². The van der Waals surface area contributed by atoms with E-state index in [9.17, 15) is 0 Å². The lowest BCUT2D eigenvalue weighted by Crippen LogP contribution is -1.98. The van der Waals surface area contributed by atoms with E-state index in [4.69, 9.17) is 15.0 Å². The Morgan fingerprint density at radius 1 is 0.275 bits per heavy atom. The van der Waals surface area contributed by atoms with Crippen LogP contribution in [0.5, 0.6) is 0 Å². The summed E-state index contributed by atoms with van der Waals surface area (Å²) < 4.78 is 7.06. The van der Waals surface area contributed by atoms with Gasteiger partial charge in [0.05, 0.1) is 67.6 Å². The van der Waals surface area contributed by atoms with Crippen LogP contribution in [0.2, 0.25) is 0 Å². The van der Waals surface area contributed by atoms with E-state index >= 15 is 0 Å². The Morgan fingerprint density at radius 2 is 0.783 bits per heavy atom. The number of rotatable bonds is 7. The van der Waals surface area contributed by atoms with Gasteiger partial charge in [-0.25, -0.2) is 4.98 Å². The van der Waals surface area contributed by atoms with Crippen LogP contribution in [0.15, 0.2) is 243 Å². The van der Waals surface area contributed by atoms with Crippen LogP contribution in [0.25, 0.3) is 127 Å². The minimum absolute atomic E-state index is 0.933. The molecular weight excluding hydrogens is 841 g/mol. The average molecular weight is 881 g/mol. The van der Waals surface area contributed by atoms with E-state index in [2.05, 4.69) is 232 Å². The highest BCUT2D eigenvalue weighted by Gasteiger charge is 2.19. The van der Waals surface area contributed by atoms with Gasteiger partial charge in [-0.2, -0.15) is 0 Å². The van der Waals surface area contributed by atoms with Crippen LogP contribution >= 0.6 is 0 Å². The first kappa shape index (κ1) is 38.8. The zero-order valence-electron chi connectivity index (χ0n) is 37.3. The van der Waals surface area contributed by atoms with Gasteiger partial charge in [-0.1, -0.05) is 140 Å². The van der Waals surface area contributed by atoms with Crippen molar-refractivity contribution in [2.45, 2.75) is 0 Å². The first-order chi connectivity index (χ1) is 34.2. The van der Waals surface area contributed by atoms with Gasteiger partial charge in [0.1, 0.15) is 0 Å². The van der Waals surface area contributed by atoms with E-state index in [1.54, 1.807) is 0 Å². The van der Waals surface area contributed by atoms with Crippen LogP contribution in [-0.4, -0.2) is 28.7 Å². The first-order valence-electron chi connectivity index (χ1n) is 23.3. The van der Waals surface area contributed by atoms with E-state index < -0.39 is 0 Å². The van der Waals surface area contributed by atoms with Gasteiger partial charge in [-0.05, 0) is 102 Å². The normalized spacial score (nSPS) is 11.8. The maximum atomic E-state index is 5.22. The summed E-state index contributed by atoms with van der Waals surface area (Å²) in [5.41, 5.74) is 19.4. The quantitative estimate of drug-likeness (QED) is 0.160. The molecule has 0 saturated carbocycles. The topological polar surface area (TPSA) is 53.5 Å². The Hall–Kier alpha value is -9.39. The Kier molecular flexibility index (Phi) is 8.79. The highest BCUT2D eigenvalue weighted by Crippen LogP contribution is 2.40. The second-order valence-corrected chi connectivity index (χ2v) is 17.7. The highest BCUT2D eigenvalue weighted by molar-refractivity contribution is 6.13. The van der Waals surface area contributed by atoms with Crippen molar-refractivity contribution in [3.05, 3.63) is 243 Å². The van der Waals surface area contributed by atoms with Crippen LogP contribution in [0.1, 0.15) is 0 Å². The van der Waals surface area contributed by atoms with Crippen molar-refractivity contribution >= 4 is 65.5 Å². The molecule has 0 amide bonds. The summed E-state index contributed by atoms with van der Waals surface area (Å²) in [6, 6.07) is 80.2. The summed E-state index contributed by atoms with van der Waals surface area (Å²) in [7, 11) is 0. The van der Waals surface area contributed by atoms with Crippen molar-refractivity contribution in [3.8, 4) is 61.8 Å². The molecule has 6 heteroatoms. The Bertz CT molecular complexity index is 4240. The van der Waals surface area contributed by atoms with Gasteiger partial charge in [0.25, 0.3) is 0 Å². The Morgan fingerprint density at radius 3 is 1.49 bits per heavy atom. The number of benzene rings is 8.